The monoisotopic (exact) mass is 474 g/mol. The van der Waals surface area contributed by atoms with Crippen molar-refractivity contribution in [2.24, 2.45) is 5.92 Å². The molecule has 0 unspecified atom stereocenters. The number of rotatable bonds is 7. The van der Waals surface area contributed by atoms with E-state index in [1.807, 2.05) is 18.2 Å². The van der Waals surface area contributed by atoms with Crippen LogP contribution in [0.15, 0.2) is 48.5 Å². The second kappa shape index (κ2) is 10.5. The molecule has 182 valence electrons. The molecule has 0 N–H and O–H groups in total. The number of benzene rings is 3. The topological polar surface area (TPSA) is 0 Å². The highest BCUT2D eigenvalue weighted by molar-refractivity contribution is 5.84. The minimum atomic E-state index is -4.72. The molecule has 1 aliphatic rings. The van der Waals surface area contributed by atoms with E-state index in [9.17, 15) is 17.6 Å². The Morgan fingerprint density at radius 1 is 0.853 bits per heavy atom. The first-order chi connectivity index (χ1) is 16.3. The molecule has 1 fully saturated rings. The van der Waals surface area contributed by atoms with Gasteiger partial charge in [0.2, 0.25) is 0 Å². The minimum absolute atomic E-state index is 0.261. The number of aryl methyl sites for hydroxylation is 2. The summed E-state index contributed by atoms with van der Waals surface area (Å²) in [5.74, 6) is -0.231. The van der Waals surface area contributed by atoms with Gasteiger partial charge in [0, 0.05) is 5.39 Å². The van der Waals surface area contributed by atoms with Crippen LogP contribution in [0.2, 0.25) is 0 Å². The molecule has 0 aliphatic heterocycles. The summed E-state index contributed by atoms with van der Waals surface area (Å²) in [5.41, 5.74) is 0.888. The normalized spacial score (nSPS) is 19.0. The maximum absolute atomic E-state index is 15.2. The van der Waals surface area contributed by atoms with Crippen LogP contribution in [-0.2, 0) is 19.0 Å². The molecular weight excluding hydrogens is 443 g/mol. The lowest BCUT2D eigenvalue weighted by Gasteiger charge is -2.29. The van der Waals surface area contributed by atoms with Crippen molar-refractivity contribution >= 4 is 10.8 Å². The molecule has 1 aliphatic carbocycles. The Morgan fingerprint density at radius 3 is 2.29 bits per heavy atom. The van der Waals surface area contributed by atoms with Gasteiger partial charge >= 0.3 is 6.18 Å². The summed E-state index contributed by atoms with van der Waals surface area (Å²) >= 11 is 0. The lowest BCUT2D eigenvalue weighted by Crippen LogP contribution is -2.13. The molecule has 0 amide bonds. The first-order valence-electron chi connectivity index (χ1n) is 12.3. The summed E-state index contributed by atoms with van der Waals surface area (Å²) in [5, 5.41) is 1.42. The number of alkyl halides is 3. The molecule has 0 aromatic heterocycles. The third-order valence-electron chi connectivity index (χ3n) is 7.36. The zero-order chi connectivity index (χ0) is 24.3. The lowest BCUT2D eigenvalue weighted by atomic mass is 9.77. The Balaban J connectivity index is 1.44. The fraction of sp³-hybridized carbons (Fsp3) is 0.448. The van der Waals surface area contributed by atoms with Crippen LogP contribution in [0.1, 0.15) is 80.0 Å². The van der Waals surface area contributed by atoms with Crippen molar-refractivity contribution in [2.45, 2.75) is 76.8 Å². The summed E-state index contributed by atoms with van der Waals surface area (Å²) in [6.07, 6.45) is 4.61. The van der Waals surface area contributed by atoms with Gasteiger partial charge in [-0.05, 0) is 84.6 Å². The summed E-state index contributed by atoms with van der Waals surface area (Å²) in [6.45, 7) is 2.24. The van der Waals surface area contributed by atoms with Crippen LogP contribution in [0.4, 0.5) is 22.0 Å². The van der Waals surface area contributed by atoms with Crippen molar-refractivity contribution in [3.05, 3.63) is 82.4 Å². The van der Waals surface area contributed by atoms with Crippen LogP contribution in [-0.4, -0.2) is 0 Å². The molecule has 0 nitrogen and oxygen atoms in total. The second-order valence-corrected chi connectivity index (χ2v) is 9.69. The molecule has 0 atom stereocenters. The summed E-state index contributed by atoms with van der Waals surface area (Å²) in [4.78, 5) is 0. The SMILES string of the molecule is CCCCC1CCC(c2ccc3c(F)c(CCc4ccc(C(F)(F)F)c(F)c4)ccc3c2)CC1. The predicted molar refractivity (Wildman–Crippen MR) is 127 cm³/mol. The van der Waals surface area contributed by atoms with Gasteiger partial charge in [-0.3, -0.25) is 0 Å². The van der Waals surface area contributed by atoms with Gasteiger partial charge < -0.3 is 0 Å². The summed E-state index contributed by atoms with van der Waals surface area (Å²) in [6, 6.07) is 12.5. The van der Waals surface area contributed by atoms with Crippen LogP contribution < -0.4 is 0 Å². The highest BCUT2D eigenvalue weighted by atomic mass is 19.4. The predicted octanol–water partition coefficient (Wildman–Crippen LogP) is 9.39. The zero-order valence-electron chi connectivity index (χ0n) is 19.5. The second-order valence-electron chi connectivity index (χ2n) is 9.69. The highest BCUT2D eigenvalue weighted by Gasteiger charge is 2.33. The van der Waals surface area contributed by atoms with E-state index in [-0.39, 0.29) is 18.7 Å². The molecule has 3 aromatic rings. The fourth-order valence-electron chi connectivity index (χ4n) is 5.30. The van der Waals surface area contributed by atoms with Crippen molar-refractivity contribution < 1.29 is 22.0 Å². The number of halogens is 5. The highest BCUT2D eigenvalue weighted by Crippen LogP contribution is 2.39. The minimum Gasteiger partial charge on any atom is -0.206 e. The first-order valence-corrected chi connectivity index (χ1v) is 12.3. The number of fused-ring (bicyclic) bond motifs is 1. The van der Waals surface area contributed by atoms with Crippen molar-refractivity contribution in [3.8, 4) is 0 Å². The zero-order valence-corrected chi connectivity index (χ0v) is 19.5. The molecule has 0 radical (unpaired) electrons. The van der Waals surface area contributed by atoms with E-state index in [4.69, 9.17) is 0 Å². The van der Waals surface area contributed by atoms with E-state index in [1.54, 1.807) is 6.07 Å². The van der Waals surface area contributed by atoms with Crippen molar-refractivity contribution in [1.82, 2.24) is 0 Å². The van der Waals surface area contributed by atoms with Gasteiger partial charge in [-0.2, -0.15) is 13.2 Å². The fourth-order valence-corrected chi connectivity index (χ4v) is 5.30. The van der Waals surface area contributed by atoms with Crippen LogP contribution in [0.5, 0.6) is 0 Å². The third kappa shape index (κ3) is 5.61. The standard InChI is InChI=1S/C29H31F5/c1-2-3-4-19-5-9-21(10-6-19)23-14-15-25-24(18-23)13-12-22(28(25)31)11-7-20-8-16-26(27(30)17-20)29(32,33)34/h8,12-19,21H,2-7,9-11H2,1H3. The Hall–Kier alpha value is -2.43. The van der Waals surface area contributed by atoms with Crippen LogP contribution >= 0.6 is 0 Å². The van der Waals surface area contributed by atoms with Gasteiger partial charge in [-0.25, -0.2) is 8.78 Å². The molecule has 5 heteroatoms. The van der Waals surface area contributed by atoms with E-state index in [2.05, 4.69) is 13.0 Å². The number of hydrogen-bond donors (Lipinski definition) is 0. The Labute approximate surface area is 198 Å². The maximum atomic E-state index is 15.2. The van der Waals surface area contributed by atoms with Crippen molar-refractivity contribution in [3.63, 3.8) is 0 Å². The maximum Gasteiger partial charge on any atom is 0.419 e. The molecular formula is C29H31F5. The van der Waals surface area contributed by atoms with Crippen LogP contribution in [0, 0.1) is 17.6 Å². The third-order valence-corrected chi connectivity index (χ3v) is 7.36. The van der Waals surface area contributed by atoms with Gasteiger partial charge in [0.05, 0.1) is 5.56 Å². The lowest BCUT2D eigenvalue weighted by molar-refractivity contribution is -0.140. The molecule has 0 heterocycles. The van der Waals surface area contributed by atoms with Gasteiger partial charge in [0.1, 0.15) is 11.6 Å². The van der Waals surface area contributed by atoms with E-state index < -0.39 is 17.6 Å². The Kier molecular flexibility index (Phi) is 7.59. The Morgan fingerprint density at radius 2 is 1.62 bits per heavy atom. The van der Waals surface area contributed by atoms with Gasteiger partial charge in [-0.1, -0.05) is 62.6 Å². The molecule has 3 aromatic carbocycles. The van der Waals surface area contributed by atoms with E-state index in [0.29, 0.717) is 22.4 Å². The average Bonchev–Trinajstić information content (AvgIpc) is 2.81. The van der Waals surface area contributed by atoms with Gasteiger partial charge in [0.15, 0.2) is 0 Å². The molecule has 4 rings (SSSR count). The first kappa shape index (κ1) is 24.7. The molecule has 0 spiro atoms. The quantitative estimate of drug-likeness (QED) is 0.299. The summed E-state index contributed by atoms with van der Waals surface area (Å²) < 4.78 is 67.3. The van der Waals surface area contributed by atoms with E-state index >= 15 is 4.39 Å². The van der Waals surface area contributed by atoms with E-state index in [0.717, 1.165) is 23.4 Å². The van der Waals surface area contributed by atoms with Crippen LogP contribution in [0.3, 0.4) is 0 Å². The van der Waals surface area contributed by atoms with Crippen molar-refractivity contribution in [1.29, 1.82) is 0 Å². The molecule has 34 heavy (non-hydrogen) atoms. The van der Waals surface area contributed by atoms with Gasteiger partial charge in [0.25, 0.3) is 0 Å². The van der Waals surface area contributed by atoms with Gasteiger partial charge in [-0.15, -0.1) is 0 Å². The number of hydrogen-bond acceptors (Lipinski definition) is 0. The molecule has 0 saturated heterocycles. The van der Waals surface area contributed by atoms with Crippen molar-refractivity contribution in [2.75, 3.05) is 0 Å². The molecule has 1 saturated carbocycles. The average molecular weight is 475 g/mol. The number of unbranched alkanes of at least 4 members (excludes halogenated alkanes) is 1. The smallest absolute Gasteiger partial charge is 0.206 e. The summed E-state index contributed by atoms with van der Waals surface area (Å²) in [7, 11) is 0. The van der Waals surface area contributed by atoms with Crippen LogP contribution in [0.25, 0.3) is 10.8 Å². The largest absolute Gasteiger partial charge is 0.419 e. The molecule has 0 bridgehead atoms. The Bertz CT molecular complexity index is 1120. The van der Waals surface area contributed by atoms with E-state index in [1.165, 1.54) is 56.6 Å².